The van der Waals surface area contributed by atoms with Crippen molar-refractivity contribution in [2.45, 2.75) is 57.2 Å². The number of aromatic nitrogens is 3. The van der Waals surface area contributed by atoms with Gasteiger partial charge in [0.05, 0.1) is 35.3 Å². The van der Waals surface area contributed by atoms with Gasteiger partial charge in [0, 0.05) is 12.4 Å². The largest absolute Gasteiger partial charge is 0.387 e. The van der Waals surface area contributed by atoms with E-state index < -0.39 is 6.10 Å². The van der Waals surface area contributed by atoms with Crippen LogP contribution in [0.3, 0.4) is 0 Å². The van der Waals surface area contributed by atoms with Crippen LogP contribution in [0.4, 0.5) is 0 Å². The number of nitrogens with zero attached hydrogens (tertiary/aromatic N) is 5. The zero-order valence-electron chi connectivity index (χ0n) is 19.5. The van der Waals surface area contributed by atoms with E-state index >= 15 is 0 Å². The van der Waals surface area contributed by atoms with Gasteiger partial charge in [-0.05, 0) is 95.9 Å². The standard InChI is InChI=1S/C26H35N5O/c1-18-8-7-14-27-23(18)20-9-6-10-21(30(20)3)24-25(31-15-5-4-11-22(31)28-24)26(32)19-12-16-29(2)17-13-19/h4-5,7-8,11,14-15,19-21,26,32H,6,9-10,12-13,16-17H2,1-3H3/t20-,21+,26+/m0/s1. The van der Waals surface area contributed by atoms with Crippen LogP contribution in [0.1, 0.15) is 72.9 Å². The molecule has 3 aromatic heterocycles. The molecule has 0 aliphatic carbocycles. The fraction of sp³-hybridized carbons (Fsp3) is 0.538. The highest BCUT2D eigenvalue weighted by molar-refractivity contribution is 5.45. The highest BCUT2D eigenvalue weighted by Gasteiger charge is 2.37. The van der Waals surface area contributed by atoms with Crippen LogP contribution < -0.4 is 0 Å². The average molecular weight is 434 g/mol. The molecular formula is C26H35N5O. The van der Waals surface area contributed by atoms with Gasteiger partial charge in [0.15, 0.2) is 0 Å². The van der Waals surface area contributed by atoms with E-state index in [2.05, 4.69) is 53.5 Å². The van der Waals surface area contributed by atoms with Gasteiger partial charge in [0.1, 0.15) is 5.65 Å². The predicted molar refractivity (Wildman–Crippen MR) is 126 cm³/mol. The Morgan fingerprint density at radius 2 is 1.72 bits per heavy atom. The number of hydrogen-bond donors (Lipinski definition) is 1. The van der Waals surface area contributed by atoms with E-state index in [-0.39, 0.29) is 18.0 Å². The monoisotopic (exact) mass is 433 g/mol. The maximum atomic E-state index is 11.6. The first-order chi connectivity index (χ1) is 15.5. The molecule has 6 heteroatoms. The Balaban J connectivity index is 1.53. The van der Waals surface area contributed by atoms with Crippen LogP contribution in [0.5, 0.6) is 0 Å². The molecule has 0 amide bonds. The summed E-state index contributed by atoms with van der Waals surface area (Å²) in [5.41, 5.74) is 5.37. The van der Waals surface area contributed by atoms with Gasteiger partial charge in [0.25, 0.3) is 0 Å². The lowest BCUT2D eigenvalue weighted by Crippen LogP contribution is -2.36. The van der Waals surface area contributed by atoms with E-state index in [1.807, 2.05) is 24.4 Å². The molecule has 0 radical (unpaired) electrons. The lowest BCUT2D eigenvalue weighted by molar-refractivity contribution is 0.0567. The molecule has 5 heterocycles. The van der Waals surface area contributed by atoms with Crippen molar-refractivity contribution >= 4 is 5.65 Å². The molecule has 2 aliphatic heterocycles. The molecule has 6 nitrogen and oxygen atoms in total. The van der Waals surface area contributed by atoms with E-state index in [0.29, 0.717) is 0 Å². The SMILES string of the molecule is Cc1cccnc1[C@@H]1CCC[C@H](c2nc3ccccn3c2[C@H](O)C2CCN(C)CC2)N1C. The second-order valence-electron chi connectivity index (χ2n) is 9.73. The molecule has 170 valence electrons. The number of aryl methyl sites for hydroxylation is 1. The number of aliphatic hydroxyl groups is 1. The van der Waals surface area contributed by atoms with E-state index in [0.717, 1.165) is 62.2 Å². The number of hydrogen-bond acceptors (Lipinski definition) is 5. The number of pyridine rings is 2. The van der Waals surface area contributed by atoms with Gasteiger partial charge >= 0.3 is 0 Å². The van der Waals surface area contributed by atoms with Gasteiger partial charge in [-0.15, -0.1) is 0 Å². The summed E-state index contributed by atoms with van der Waals surface area (Å²) in [5.74, 6) is 0.271. The molecular weight excluding hydrogens is 398 g/mol. The van der Waals surface area contributed by atoms with Gasteiger partial charge in [-0.2, -0.15) is 0 Å². The highest BCUT2D eigenvalue weighted by atomic mass is 16.3. The summed E-state index contributed by atoms with van der Waals surface area (Å²) in [6.45, 7) is 4.23. The Bertz CT molecular complexity index is 1070. The normalized spacial score (nSPS) is 24.8. The van der Waals surface area contributed by atoms with Crippen LogP contribution >= 0.6 is 0 Å². The first kappa shape index (κ1) is 21.6. The third kappa shape index (κ3) is 3.85. The molecule has 1 N–H and O–H groups in total. The summed E-state index contributed by atoms with van der Waals surface area (Å²) in [6.07, 6.45) is 8.79. The van der Waals surface area contributed by atoms with Gasteiger partial charge in [-0.3, -0.25) is 9.88 Å². The molecule has 0 spiro atoms. The van der Waals surface area contributed by atoms with Crippen molar-refractivity contribution in [3.05, 3.63) is 65.4 Å². The highest BCUT2D eigenvalue weighted by Crippen LogP contribution is 2.43. The van der Waals surface area contributed by atoms with E-state index in [4.69, 9.17) is 9.97 Å². The van der Waals surface area contributed by atoms with E-state index in [1.54, 1.807) is 0 Å². The number of imidazole rings is 1. The number of fused-ring (bicyclic) bond motifs is 1. The zero-order chi connectivity index (χ0) is 22.2. The Morgan fingerprint density at radius 1 is 0.969 bits per heavy atom. The molecule has 0 saturated carbocycles. The Morgan fingerprint density at radius 3 is 2.47 bits per heavy atom. The van der Waals surface area contributed by atoms with Crippen molar-refractivity contribution in [3.63, 3.8) is 0 Å². The second-order valence-corrected chi connectivity index (χ2v) is 9.73. The molecule has 2 saturated heterocycles. The zero-order valence-corrected chi connectivity index (χ0v) is 19.5. The van der Waals surface area contributed by atoms with Crippen molar-refractivity contribution in [2.24, 2.45) is 5.92 Å². The average Bonchev–Trinajstić information content (AvgIpc) is 3.19. The lowest BCUT2D eigenvalue weighted by Gasteiger charge is -2.40. The van der Waals surface area contributed by atoms with Gasteiger partial charge in [-0.1, -0.05) is 12.1 Å². The van der Waals surface area contributed by atoms with Crippen LogP contribution in [-0.4, -0.2) is 56.5 Å². The first-order valence-corrected chi connectivity index (χ1v) is 12.0. The van der Waals surface area contributed by atoms with Crippen LogP contribution in [0.25, 0.3) is 5.65 Å². The number of piperidine rings is 2. The molecule has 0 bridgehead atoms. The predicted octanol–water partition coefficient (Wildman–Crippen LogP) is 4.31. The summed E-state index contributed by atoms with van der Waals surface area (Å²) in [5, 5.41) is 11.6. The van der Waals surface area contributed by atoms with Crippen molar-refractivity contribution in [3.8, 4) is 0 Å². The quantitative estimate of drug-likeness (QED) is 0.664. The molecule has 5 rings (SSSR count). The summed E-state index contributed by atoms with van der Waals surface area (Å²) in [4.78, 5) is 14.6. The van der Waals surface area contributed by atoms with Gasteiger partial charge < -0.3 is 14.4 Å². The fourth-order valence-electron chi connectivity index (χ4n) is 5.77. The second kappa shape index (κ2) is 8.93. The van der Waals surface area contributed by atoms with Crippen LogP contribution in [-0.2, 0) is 0 Å². The maximum absolute atomic E-state index is 11.6. The van der Waals surface area contributed by atoms with Crippen molar-refractivity contribution in [2.75, 3.05) is 27.2 Å². The topological polar surface area (TPSA) is 56.9 Å². The van der Waals surface area contributed by atoms with Crippen molar-refractivity contribution in [1.82, 2.24) is 24.2 Å². The molecule has 3 atom stereocenters. The molecule has 2 aliphatic rings. The minimum Gasteiger partial charge on any atom is -0.387 e. The first-order valence-electron chi connectivity index (χ1n) is 12.0. The summed E-state index contributed by atoms with van der Waals surface area (Å²) in [6, 6.07) is 10.7. The summed E-state index contributed by atoms with van der Waals surface area (Å²) in [7, 11) is 4.37. The minimum absolute atomic E-state index is 0.172. The van der Waals surface area contributed by atoms with Crippen LogP contribution in [0.15, 0.2) is 42.7 Å². The Kier molecular flexibility index (Phi) is 6.01. The molecule has 0 aromatic carbocycles. The molecule has 3 aromatic rings. The van der Waals surface area contributed by atoms with Crippen molar-refractivity contribution in [1.29, 1.82) is 0 Å². The number of aliphatic hydroxyl groups excluding tert-OH is 1. The summed E-state index contributed by atoms with van der Waals surface area (Å²) >= 11 is 0. The number of likely N-dealkylation sites (tertiary alicyclic amines) is 2. The van der Waals surface area contributed by atoms with Gasteiger partial charge in [-0.25, -0.2) is 4.98 Å². The van der Waals surface area contributed by atoms with Crippen LogP contribution in [0, 0.1) is 12.8 Å². The maximum Gasteiger partial charge on any atom is 0.137 e. The van der Waals surface area contributed by atoms with E-state index in [1.165, 1.54) is 11.3 Å². The van der Waals surface area contributed by atoms with Crippen LogP contribution in [0.2, 0.25) is 0 Å². The minimum atomic E-state index is -0.499. The third-order valence-corrected chi connectivity index (χ3v) is 7.70. The van der Waals surface area contributed by atoms with Gasteiger partial charge in [0.2, 0.25) is 0 Å². The molecule has 32 heavy (non-hydrogen) atoms. The Labute approximate surface area is 190 Å². The summed E-state index contributed by atoms with van der Waals surface area (Å²) < 4.78 is 2.13. The van der Waals surface area contributed by atoms with E-state index in [9.17, 15) is 5.11 Å². The number of rotatable bonds is 4. The Hall–Kier alpha value is -2.28. The molecule has 2 fully saturated rings. The third-order valence-electron chi connectivity index (χ3n) is 7.70. The lowest BCUT2D eigenvalue weighted by atomic mass is 9.86. The smallest absolute Gasteiger partial charge is 0.137 e. The van der Waals surface area contributed by atoms with Crippen molar-refractivity contribution < 1.29 is 5.11 Å². The molecule has 0 unspecified atom stereocenters. The fourth-order valence-corrected chi connectivity index (χ4v) is 5.77.